The summed E-state index contributed by atoms with van der Waals surface area (Å²) < 4.78 is 10.4. The summed E-state index contributed by atoms with van der Waals surface area (Å²) >= 11 is 0. The van der Waals surface area contributed by atoms with Crippen LogP contribution < -0.4 is 25.2 Å². The van der Waals surface area contributed by atoms with Gasteiger partial charge in [0, 0.05) is 30.2 Å². The summed E-state index contributed by atoms with van der Waals surface area (Å²) in [5, 5.41) is 3.97. The lowest BCUT2D eigenvalue weighted by molar-refractivity contribution is -0.130. The van der Waals surface area contributed by atoms with Crippen LogP contribution in [0.15, 0.2) is 42.5 Å². The molecule has 0 aromatic heterocycles. The maximum absolute atomic E-state index is 12.4. The van der Waals surface area contributed by atoms with Gasteiger partial charge in [0.15, 0.2) is 11.5 Å². The van der Waals surface area contributed by atoms with E-state index in [1.54, 1.807) is 42.5 Å². The van der Waals surface area contributed by atoms with E-state index in [0.29, 0.717) is 28.4 Å². The van der Waals surface area contributed by atoms with Crippen LogP contribution in [-0.4, -0.2) is 31.9 Å². The largest absolute Gasteiger partial charge is 0.493 e. The molecule has 0 bridgehead atoms. The number of hydrogen-bond acceptors (Lipinski definition) is 5. The van der Waals surface area contributed by atoms with Crippen molar-refractivity contribution in [3.8, 4) is 11.5 Å². The number of nitrogens with zero attached hydrogens (tertiary/aromatic N) is 1. The van der Waals surface area contributed by atoms with Crippen molar-refractivity contribution >= 4 is 29.1 Å². The average Bonchev–Trinajstić information content (AvgIpc) is 2.69. The zero-order valence-corrected chi connectivity index (χ0v) is 14.9. The molecule has 8 nitrogen and oxygen atoms in total. The second kappa shape index (κ2) is 7.77. The van der Waals surface area contributed by atoms with Gasteiger partial charge in [0.1, 0.15) is 0 Å². The van der Waals surface area contributed by atoms with Gasteiger partial charge in [-0.2, -0.15) is 0 Å². The predicted octanol–water partition coefficient (Wildman–Crippen LogP) is 2.11. The van der Waals surface area contributed by atoms with Gasteiger partial charge in [0.25, 0.3) is 5.91 Å². The lowest BCUT2D eigenvalue weighted by Gasteiger charge is -2.27. The maximum atomic E-state index is 12.4. The number of hydrazine groups is 1. The number of anilines is 2. The number of benzene rings is 2. The van der Waals surface area contributed by atoms with Crippen LogP contribution in [0.25, 0.3) is 0 Å². The first-order valence-electron chi connectivity index (χ1n) is 8.27. The van der Waals surface area contributed by atoms with Gasteiger partial charge in [-0.3, -0.25) is 19.8 Å². The number of nitrogens with one attached hydrogen (secondary N) is 2. The molecule has 0 saturated carbocycles. The molecule has 27 heavy (non-hydrogen) atoms. The molecule has 0 aliphatic carbocycles. The predicted molar refractivity (Wildman–Crippen MR) is 98.8 cm³/mol. The minimum absolute atomic E-state index is 0.160. The standard InChI is InChI=1S/C19H19N3O5/c1-26-15-8-5-13(11-16(15)27-2)20-19(25)12-3-6-14(7-4-12)22-18(24)10-9-17(23)21-22/h3-8,11H,9-10H2,1-2H3,(H,20,25)(H,21,23). The van der Waals surface area contributed by atoms with E-state index in [-0.39, 0.29) is 30.6 Å². The molecule has 2 aromatic carbocycles. The van der Waals surface area contributed by atoms with E-state index < -0.39 is 0 Å². The number of methoxy groups -OCH3 is 2. The fourth-order valence-electron chi connectivity index (χ4n) is 2.66. The fourth-order valence-corrected chi connectivity index (χ4v) is 2.66. The third-order valence-electron chi connectivity index (χ3n) is 4.08. The van der Waals surface area contributed by atoms with E-state index in [2.05, 4.69) is 10.7 Å². The molecule has 1 aliphatic rings. The minimum Gasteiger partial charge on any atom is -0.493 e. The molecule has 2 N–H and O–H groups in total. The first kappa shape index (κ1) is 18.2. The minimum atomic E-state index is -0.317. The summed E-state index contributed by atoms with van der Waals surface area (Å²) in [6.45, 7) is 0. The molecule has 0 spiro atoms. The summed E-state index contributed by atoms with van der Waals surface area (Å²) in [4.78, 5) is 35.8. The number of carbonyl (C=O) groups is 3. The molecular weight excluding hydrogens is 350 g/mol. The summed E-state index contributed by atoms with van der Waals surface area (Å²) in [6, 6.07) is 11.4. The Kier molecular flexibility index (Phi) is 5.25. The monoisotopic (exact) mass is 369 g/mol. The van der Waals surface area contributed by atoms with Gasteiger partial charge in [-0.05, 0) is 36.4 Å². The number of rotatable bonds is 5. The number of carbonyl (C=O) groups excluding carboxylic acids is 3. The molecule has 140 valence electrons. The molecule has 8 heteroatoms. The van der Waals surface area contributed by atoms with Crippen molar-refractivity contribution in [1.82, 2.24) is 5.43 Å². The Balaban J connectivity index is 1.72. The van der Waals surface area contributed by atoms with E-state index in [0.717, 1.165) is 0 Å². The fraction of sp³-hybridized carbons (Fsp3) is 0.211. The van der Waals surface area contributed by atoms with Gasteiger partial charge >= 0.3 is 0 Å². The van der Waals surface area contributed by atoms with Crippen LogP contribution in [0.1, 0.15) is 23.2 Å². The van der Waals surface area contributed by atoms with Crippen LogP contribution in [0, 0.1) is 0 Å². The van der Waals surface area contributed by atoms with Crippen molar-refractivity contribution < 1.29 is 23.9 Å². The highest BCUT2D eigenvalue weighted by molar-refractivity contribution is 6.05. The highest BCUT2D eigenvalue weighted by Crippen LogP contribution is 2.30. The Morgan fingerprint density at radius 1 is 1.00 bits per heavy atom. The van der Waals surface area contributed by atoms with Crippen LogP contribution in [0.2, 0.25) is 0 Å². The summed E-state index contributed by atoms with van der Waals surface area (Å²) in [7, 11) is 3.05. The molecule has 0 atom stereocenters. The average molecular weight is 369 g/mol. The second-order valence-corrected chi connectivity index (χ2v) is 5.83. The molecule has 0 radical (unpaired) electrons. The van der Waals surface area contributed by atoms with Crippen LogP contribution in [0.4, 0.5) is 11.4 Å². The Morgan fingerprint density at radius 2 is 1.70 bits per heavy atom. The lowest BCUT2D eigenvalue weighted by Crippen LogP contribution is -2.50. The molecule has 2 aromatic rings. The Labute approximate surface area is 156 Å². The first-order chi connectivity index (χ1) is 13.0. The van der Waals surface area contributed by atoms with Crippen LogP contribution in [0.3, 0.4) is 0 Å². The van der Waals surface area contributed by atoms with E-state index in [9.17, 15) is 14.4 Å². The molecule has 1 fully saturated rings. The highest BCUT2D eigenvalue weighted by atomic mass is 16.5. The van der Waals surface area contributed by atoms with Crippen molar-refractivity contribution in [1.29, 1.82) is 0 Å². The molecule has 0 unspecified atom stereocenters. The van der Waals surface area contributed by atoms with Crippen LogP contribution in [-0.2, 0) is 9.59 Å². The summed E-state index contributed by atoms with van der Waals surface area (Å²) in [6.07, 6.45) is 0.342. The van der Waals surface area contributed by atoms with Crippen molar-refractivity contribution in [2.75, 3.05) is 24.5 Å². The highest BCUT2D eigenvalue weighted by Gasteiger charge is 2.24. The van der Waals surface area contributed by atoms with E-state index in [1.807, 2.05) is 0 Å². The van der Waals surface area contributed by atoms with E-state index >= 15 is 0 Å². The van der Waals surface area contributed by atoms with Crippen molar-refractivity contribution in [2.45, 2.75) is 12.8 Å². The van der Waals surface area contributed by atoms with Gasteiger partial charge in [0.2, 0.25) is 11.8 Å². The molecule has 1 saturated heterocycles. The third kappa shape index (κ3) is 4.00. The number of hydrogen-bond donors (Lipinski definition) is 2. The molecule has 3 rings (SSSR count). The molecule has 1 aliphatic heterocycles. The van der Waals surface area contributed by atoms with Gasteiger partial charge in [-0.1, -0.05) is 0 Å². The van der Waals surface area contributed by atoms with Crippen LogP contribution in [0.5, 0.6) is 11.5 Å². The zero-order chi connectivity index (χ0) is 19.4. The van der Waals surface area contributed by atoms with Gasteiger partial charge in [-0.25, -0.2) is 5.01 Å². The Bertz CT molecular complexity index is 879. The van der Waals surface area contributed by atoms with E-state index in [1.165, 1.54) is 19.2 Å². The number of amides is 3. The number of ether oxygens (including phenoxy) is 2. The summed E-state index contributed by atoms with van der Waals surface area (Å²) in [5.41, 5.74) is 3.97. The van der Waals surface area contributed by atoms with Crippen LogP contribution >= 0.6 is 0 Å². The first-order valence-corrected chi connectivity index (χ1v) is 8.27. The Morgan fingerprint density at radius 3 is 2.37 bits per heavy atom. The molecule has 1 heterocycles. The summed E-state index contributed by atoms with van der Waals surface area (Å²) in [5.74, 6) is 0.336. The van der Waals surface area contributed by atoms with E-state index in [4.69, 9.17) is 9.47 Å². The van der Waals surface area contributed by atoms with Gasteiger partial charge in [0.05, 0.1) is 19.9 Å². The topological polar surface area (TPSA) is 97.0 Å². The van der Waals surface area contributed by atoms with Crippen molar-refractivity contribution in [3.05, 3.63) is 48.0 Å². The Hall–Kier alpha value is -3.55. The molecular formula is C19H19N3O5. The normalized spacial score (nSPS) is 13.8. The van der Waals surface area contributed by atoms with Gasteiger partial charge in [-0.15, -0.1) is 0 Å². The van der Waals surface area contributed by atoms with Gasteiger partial charge < -0.3 is 14.8 Å². The SMILES string of the molecule is COc1ccc(NC(=O)c2ccc(N3NC(=O)CCC3=O)cc2)cc1OC. The lowest BCUT2D eigenvalue weighted by atomic mass is 10.1. The maximum Gasteiger partial charge on any atom is 0.255 e. The van der Waals surface area contributed by atoms with Crippen molar-refractivity contribution in [2.24, 2.45) is 0 Å². The third-order valence-corrected chi connectivity index (χ3v) is 4.08. The quantitative estimate of drug-likeness (QED) is 0.841. The molecule has 3 amide bonds. The second-order valence-electron chi connectivity index (χ2n) is 5.83. The zero-order valence-electron chi connectivity index (χ0n) is 14.9. The van der Waals surface area contributed by atoms with Crippen molar-refractivity contribution in [3.63, 3.8) is 0 Å². The smallest absolute Gasteiger partial charge is 0.255 e.